The zero-order valence-corrected chi connectivity index (χ0v) is 10.6. The van der Waals surface area contributed by atoms with Crippen molar-refractivity contribution in [2.24, 2.45) is 5.92 Å². The Labute approximate surface area is 107 Å². The van der Waals surface area contributed by atoms with Gasteiger partial charge in [0.15, 0.2) is 0 Å². The van der Waals surface area contributed by atoms with Crippen LogP contribution in [0.2, 0.25) is 0 Å². The van der Waals surface area contributed by atoms with Crippen LogP contribution in [0, 0.1) is 5.92 Å². The second-order valence-electron chi connectivity index (χ2n) is 5.23. The minimum Gasteiger partial charge on any atom is -0.393 e. The zero-order chi connectivity index (χ0) is 12.5. The fraction of sp³-hybridized carbons (Fsp3) is 0.500. The standard InChI is InChI=1S/C14H19N3O/c1-10(18)11-6-7-17(8-11)9-14-15-12-4-2-3-5-13(12)16-14/h2-5,10-11,18H,6-9H2,1H3,(H,15,16). The molecule has 2 N–H and O–H groups in total. The Balaban J connectivity index is 1.70. The van der Waals surface area contributed by atoms with Gasteiger partial charge in [0.25, 0.3) is 0 Å². The van der Waals surface area contributed by atoms with Crippen LogP contribution in [0.5, 0.6) is 0 Å². The lowest BCUT2D eigenvalue weighted by atomic mass is 10.0. The second-order valence-corrected chi connectivity index (χ2v) is 5.23. The van der Waals surface area contributed by atoms with Crippen molar-refractivity contribution < 1.29 is 5.11 Å². The normalized spacial score (nSPS) is 22.7. The van der Waals surface area contributed by atoms with Crippen LogP contribution in [-0.4, -0.2) is 39.2 Å². The van der Waals surface area contributed by atoms with E-state index in [0.29, 0.717) is 5.92 Å². The molecular formula is C14H19N3O. The molecule has 0 bridgehead atoms. The number of hydrogen-bond donors (Lipinski definition) is 2. The van der Waals surface area contributed by atoms with Crippen molar-refractivity contribution in [3.05, 3.63) is 30.1 Å². The summed E-state index contributed by atoms with van der Waals surface area (Å²) in [6.07, 6.45) is 0.878. The number of hydrogen-bond acceptors (Lipinski definition) is 3. The fourth-order valence-electron chi connectivity index (χ4n) is 2.69. The van der Waals surface area contributed by atoms with E-state index in [1.165, 1.54) is 0 Å². The van der Waals surface area contributed by atoms with Crippen LogP contribution in [-0.2, 0) is 6.54 Å². The van der Waals surface area contributed by atoms with Gasteiger partial charge in [-0.15, -0.1) is 0 Å². The molecule has 2 aromatic rings. The number of aromatic amines is 1. The maximum Gasteiger partial charge on any atom is 0.121 e. The van der Waals surface area contributed by atoms with Gasteiger partial charge in [-0.3, -0.25) is 4.90 Å². The summed E-state index contributed by atoms with van der Waals surface area (Å²) in [5, 5.41) is 9.60. The lowest BCUT2D eigenvalue weighted by Crippen LogP contribution is -2.24. The molecular weight excluding hydrogens is 226 g/mol. The quantitative estimate of drug-likeness (QED) is 0.866. The highest BCUT2D eigenvalue weighted by Gasteiger charge is 2.26. The molecule has 0 saturated carbocycles. The predicted molar refractivity (Wildman–Crippen MR) is 71.2 cm³/mol. The number of nitrogens with zero attached hydrogens (tertiary/aromatic N) is 2. The van der Waals surface area contributed by atoms with Crippen molar-refractivity contribution in [3.63, 3.8) is 0 Å². The van der Waals surface area contributed by atoms with Gasteiger partial charge < -0.3 is 10.1 Å². The van der Waals surface area contributed by atoms with E-state index in [-0.39, 0.29) is 6.10 Å². The number of nitrogens with one attached hydrogen (secondary N) is 1. The van der Waals surface area contributed by atoms with Crippen LogP contribution in [0.3, 0.4) is 0 Å². The molecule has 1 saturated heterocycles. The molecule has 18 heavy (non-hydrogen) atoms. The Hall–Kier alpha value is -1.39. The summed E-state index contributed by atoms with van der Waals surface area (Å²) in [5.41, 5.74) is 2.12. The highest BCUT2D eigenvalue weighted by molar-refractivity contribution is 5.74. The zero-order valence-electron chi connectivity index (χ0n) is 10.6. The number of H-pyrrole nitrogens is 1. The molecule has 1 aromatic carbocycles. The molecule has 1 fully saturated rings. The van der Waals surface area contributed by atoms with Gasteiger partial charge in [-0.25, -0.2) is 4.98 Å². The number of likely N-dealkylation sites (tertiary alicyclic amines) is 1. The van der Waals surface area contributed by atoms with E-state index in [1.54, 1.807) is 0 Å². The first-order valence-electron chi connectivity index (χ1n) is 6.56. The molecule has 1 aromatic heterocycles. The van der Waals surface area contributed by atoms with E-state index < -0.39 is 0 Å². The van der Waals surface area contributed by atoms with E-state index >= 15 is 0 Å². The molecule has 0 aliphatic carbocycles. The largest absolute Gasteiger partial charge is 0.393 e. The summed E-state index contributed by atoms with van der Waals surface area (Å²) in [5.74, 6) is 1.43. The first kappa shape index (κ1) is 11.7. The highest BCUT2D eigenvalue weighted by Crippen LogP contribution is 2.21. The van der Waals surface area contributed by atoms with Gasteiger partial charge in [-0.05, 0) is 37.9 Å². The molecule has 0 radical (unpaired) electrons. The molecule has 96 valence electrons. The Morgan fingerprint density at radius 1 is 1.50 bits per heavy atom. The summed E-state index contributed by atoms with van der Waals surface area (Å²) in [6.45, 7) is 4.74. The van der Waals surface area contributed by atoms with Crippen LogP contribution in [0.4, 0.5) is 0 Å². The topological polar surface area (TPSA) is 52.1 Å². The maximum absolute atomic E-state index is 9.60. The predicted octanol–water partition coefficient (Wildman–Crippen LogP) is 1.77. The van der Waals surface area contributed by atoms with Crippen LogP contribution in [0.25, 0.3) is 11.0 Å². The molecule has 2 unspecified atom stereocenters. The fourth-order valence-corrected chi connectivity index (χ4v) is 2.69. The minimum absolute atomic E-state index is 0.203. The van der Waals surface area contributed by atoms with Gasteiger partial charge in [0.1, 0.15) is 5.82 Å². The van der Waals surface area contributed by atoms with E-state index in [1.807, 2.05) is 25.1 Å². The van der Waals surface area contributed by atoms with Gasteiger partial charge in [-0.2, -0.15) is 0 Å². The van der Waals surface area contributed by atoms with Gasteiger partial charge in [0.2, 0.25) is 0 Å². The average Bonchev–Trinajstić information content (AvgIpc) is 2.94. The lowest BCUT2D eigenvalue weighted by Gasteiger charge is -2.15. The summed E-state index contributed by atoms with van der Waals surface area (Å²) in [4.78, 5) is 10.3. The SMILES string of the molecule is CC(O)C1CCN(Cc2nc3ccccc3[nH]2)C1. The van der Waals surface area contributed by atoms with Crippen molar-refractivity contribution in [2.45, 2.75) is 26.0 Å². The Bertz CT molecular complexity index is 502. The molecule has 1 aliphatic rings. The molecule has 4 heteroatoms. The van der Waals surface area contributed by atoms with Crippen molar-refractivity contribution in [2.75, 3.05) is 13.1 Å². The Morgan fingerprint density at radius 2 is 2.33 bits per heavy atom. The highest BCUT2D eigenvalue weighted by atomic mass is 16.3. The summed E-state index contributed by atoms with van der Waals surface area (Å²) >= 11 is 0. The number of para-hydroxylation sites is 2. The third-order valence-electron chi connectivity index (χ3n) is 3.80. The molecule has 2 heterocycles. The second kappa shape index (κ2) is 4.71. The van der Waals surface area contributed by atoms with Gasteiger partial charge in [-0.1, -0.05) is 12.1 Å². The van der Waals surface area contributed by atoms with E-state index in [4.69, 9.17) is 0 Å². The van der Waals surface area contributed by atoms with E-state index in [0.717, 1.165) is 42.9 Å². The molecule has 4 nitrogen and oxygen atoms in total. The lowest BCUT2D eigenvalue weighted by molar-refractivity contribution is 0.127. The maximum atomic E-state index is 9.60. The summed E-state index contributed by atoms with van der Waals surface area (Å²) < 4.78 is 0. The number of aromatic nitrogens is 2. The summed E-state index contributed by atoms with van der Waals surface area (Å²) in [7, 11) is 0. The van der Waals surface area contributed by atoms with Crippen molar-refractivity contribution in [1.82, 2.24) is 14.9 Å². The van der Waals surface area contributed by atoms with E-state index in [2.05, 4.69) is 20.9 Å². The number of aliphatic hydroxyl groups excluding tert-OH is 1. The minimum atomic E-state index is -0.203. The van der Waals surface area contributed by atoms with E-state index in [9.17, 15) is 5.11 Å². The molecule has 3 rings (SSSR count). The number of imidazole rings is 1. The smallest absolute Gasteiger partial charge is 0.121 e. The number of fused-ring (bicyclic) bond motifs is 1. The van der Waals surface area contributed by atoms with Gasteiger partial charge in [0, 0.05) is 6.54 Å². The first-order chi connectivity index (χ1) is 8.72. The molecule has 2 atom stereocenters. The van der Waals surface area contributed by atoms with Gasteiger partial charge >= 0.3 is 0 Å². The van der Waals surface area contributed by atoms with Crippen LogP contribution in [0.1, 0.15) is 19.2 Å². The Kier molecular flexibility index (Phi) is 3.06. The molecule has 1 aliphatic heterocycles. The number of rotatable bonds is 3. The third kappa shape index (κ3) is 2.26. The van der Waals surface area contributed by atoms with Crippen molar-refractivity contribution in [1.29, 1.82) is 0 Å². The van der Waals surface area contributed by atoms with Crippen molar-refractivity contribution in [3.8, 4) is 0 Å². The Morgan fingerprint density at radius 3 is 3.06 bits per heavy atom. The van der Waals surface area contributed by atoms with Crippen molar-refractivity contribution >= 4 is 11.0 Å². The molecule has 0 spiro atoms. The number of aliphatic hydroxyl groups is 1. The average molecular weight is 245 g/mol. The monoisotopic (exact) mass is 245 g/mol. The first-order valence-corrected chi connectivity index (χ1v) is 6.56. The summed E-state index contributed by atoms with van der Waals surface area (Å²) in [6, 6.07) is 8.10. The van der Waals surface area contributed by atoms with Gasteiger partial charge in [0.05, 0.1) is 23.7 Å². The number of benzene rings is 1. The molecule has 0 amide bonds. The van der Waals surface area contributed by atoms with Crippen LogP contribution >= 0.6 is 0 Å². The third-order valence-corrected chi connectivity index (χ3v) is 3.80. The van der Waals surface area contributed by atoms with Crippen LogP contribution < -0.4 is 0 Å². The van der Waals surface area contributed by atoms with Crippen LogP contribution in [0.15, 0.2) is 24.3 Å².